The summed E-state index contributed by atoms with van der Waals surface area (Å²) in [5, 5.41) is 12.6. The van der Waals surface area contributed by atoms with Gasteiger partial charge in [0.25, 0.3) is 0 Å². The first-order valence-electron chi connectivity index (χ1n) is 3.12. The van der Waals surface area contributed by atoms with Crippen LogP contribution in [-0.2, 0) is 4.79 Å². The smallest absolute Gasteiger partial charge is 0.392 e. The summed E-state index contributed by atoms with van der Waals surface area (Å²) < 4.78 is 35.7. The Bertz CT molecular complexity index is 244. The maximum atomic E-state index is 11.9. The molecule has 0 amide bonds. The molecule has 0 heterocycles. The van der Waals surface area contributed by atoms with Gasteiger partial charge in [-0.3, -0.25) is 0 Å². The number of hydrogen-bond donors (Lipinski definition) is 0. The number of nitrogens with zero attached hydrogens (tertiary/aromatic N) is 3. The van der Waals surface area contributed by atoms with Gasteiger partial charge in [0.1, 0.15) is 0 Å². The van der Waals surface area contributed by atoms with Crippen LogP contribution in [0.3, 0.4) is 0 Å². The average Bonchev–Trinajstić information content (AvgIpc) is 1.96. The van der Waals surface area contributed by atoms with Crippen molar-refractivity contribution in [2.75, 3.05) is 0 Å². The molecule has 0 saturated carbocycles. The van der Waals surface area contributed by atoms with Crippen molar-refractivity contribution >= 4 is 5.97 Å². The predicted octanol–water partition coefficient (Wildman–Crippen LogP) is 0.614. The first-order chi connectivity index (χ1) is 5.80. The number of carboxylic acid groups (broad SMARTS) is 1. The number of alkyl halides is 3. The number of azide groups is 1. The average molecular weight is 196 g/mol. The van der Waals surface area contributed by atoms with Crippen molar-refractivity contribution in [2.24, 2.45) is 11.0 Å². The highest BCUT2D eigenvalue weighted by atomic mass is 19.4. The topological polar surface area (TPSA) is 88.9 Å². The van der Waals surface area contributed by atoms with E-state index in [1.807, 2.05) is 4.91 Å². The van der Waals surface area contributed by atoms with E-state index in [1.54, 1.807) is 0 Å². The van der Waals surface area contributed by atoms with E-state index in [0.29, 0.717) is 6.92 Å². The largest absolute Gasteiger partial charge is 0.550 e. The molecular weight excluding hydrogens is 191 g/mol. The summed E-state index contributed by atoms with van der Waals surface area (Å²) in [6.07, 6.45) is -4.72. The molecule has 0 aliphatic rings. The van der Waals surface area contributed by atoms with Gasteiger partial charge in [-0.25, -0.2) is 0 Å². The molecule has 0 fully saturated rings. The number of rotatable bonds is 3. The first-order valence-corrected chi connectivity index (χ1v) is 3.12. The van der Waals surface area contributed by atoms with Gasteiger partial charge in [-0.15, -0.1) is 0 Å². The number of aliphatic carboxylic acids is 1. The van der Waals surface area contributed by atoms with Gasteiger partial charge >= 0.3 is 6.18 Å². The number of hydrogen-bond acceptors (Lipinski definition) is 3. The molecule has 5 nitrogen and oxygen atoms in total. The molecule has 0 saturated heterocycles. The summed E-state index contributed by atoms with van der Waals surface area (Å²) >= 11 is 0. The monoisotopic (exact) mass is 196 g/mol. The van der Waals surface area contributed by atoms with Crippen LogP contribution in [0.1, 0.15) is 6.92 Å². The van der Waals surface area contributed by atoms with E-state index >= 15 is 0 Å². The van der Waals surface area contributed by atoms with Gasteiger partial charge in [0.2, 0.25) is 0 Å². The standard InChI is InChI=1S/C5H6F3N3O2/c1-2(5(6,7)8)3(4(12)13)10-11-9/h2-3H,1H3,(H,12,13)/p-1/t2-,3?/m1/s1. The van der Waals surface area contributed by atoms with Crippen molar-refractivity contribution in [3.05, 3.63) is 10.4 Å². The SMILES string of the molecule is C[C@H](C(N=[N+]=[N-])C(=O)[O-])C(F)(F)F. The molecule has 0 N–H and O–H groups in total. The zero-order valence-corrected chi connectivity index (χ0v) is 6.45. The zero-order valence-electron chi connectivity index (χ0n) is 6.45. The normalized spacial score (nSPS) is 15.7. The molecule has 74 valence electrons. The molecule has 8 heteroatoms. The second-order valence-electron chi connectivity index (χ2n) is 2.30. The van der Waals surface area contributed by atoms with Gasteiger partial charge in [-0.2, -0.15) is 13.2 Å². The van der Waals surface area contributed by atoms with Crippen LogP contribution in [0.2, 0.25) is 0 Å². The number of carboxylic acids is 1. The van der Waals surface area contributed by atoms with Crippen LogP contribution in [0.15, 0.2) is 5.11 Å². The van der Waals surface area contributed by atoms with Gasteiger partial charge in [-0.05, 0) is 5.53 Å². The van der Waals surface area contributed by atoms with Crippen molar-refractivity contribution in [3.63, 3.8) is 0 Å². The molecule has 0 aromatic heterocycles. The van der Waals surface area contributed by atoms with E-state index in [4.69, 9.17) is 5.53 Å². The van der Waals surface area contributed by atoms with Crippen LogP contribution in [-0.4, -0.2) is 18.2 Å². The summed E-state index contributed by atoms with van der Waals surface area (Å²) in [5.41, 5.74) is 7.80. The van der Waals surface area contributed by atoms with Crippen molar-refractivity contribution < 1.29 is 23.1 Å². The molecular formula is C5H5F3N3O2-. The highest BCUT2D eigenvalue weighted by Crippen LogP contribution is 2.29. The lowest BCUT2D eigenvalue weighted by Crippen LogP contribution is -2.43. The third-order valence-corrected chi connectivity index (χ3v) is 1.41. The highest BCUT2D eigenvalue weighted by Gasteiger charge is 2.41. The van der Waals surface area contributed by atoms with Crippen molar-refractivity contribution in [3.8, 4) is 0 Å². The van der Waals surface area contributed by atoms with Crippen LogP contribution in [0.5, 0.6) is 0 Å². The minimum atomic E-state index is -4.72. The van der Waals surface area contributed by atoms with Crippen LogP contribution in [0, 0.1) is 5.92 Å². The molecule has 1 unspecified atom stereocenters. The third-order valence-electron chi connectivity index (χ3n) is 1.41. The lowest BCUT2D eigenvalue weighted by Gasteiger charge is -2.22. The fourth-order valence-corrected chi connectivity index (χ4v) is 0.586. The van der Waals surface area contributed by atoms with E-state index in [9.17, 15) is 23.1 Å². The quantitative estimate of drug-likeness (QED) is 0.376. The van der Waals surface area contributed by atoms with E-state index in [-0.39, 0.29) is 0 Å². The summed E-state index contributed by atoms with van der Waals surface area (Å²) in [5.74, 6) is -4.30. The fraction of sp³-hybridized carbons (Fsp3) is 0.800. The summed E-state index contributed by atoms with van der Waals surface area (Å²) in [4.78, 5) is 12.1. The molecule has 0 bridgehead atoms. The minimum Gasteiger partial charge on any atom is -0.550 e. The molecule has 0 aliphatic carbocycles. The first kappa shape index (κ1) is 11.6. The van der Waals surface area contributed by atoms with E-state index in [2.05, 4.69) is 5.11 Å². The molecule has 13 heavy (non-hydrogen) atoms. The van der Waals surface area contributed by atoms with Crippen LogP contribution < -0.4 is 5.11 Å². The van der Waals surface area contributed by atoms with Gasteiger partial charge in [0, 0.05) is 4.91 Å². The summed E-state index contributed by atoms with van der Waals surface area (Å²) in [6, 6.07) is -2.22. The fourth-order valence-electron chi connectivity index (χ4n) is 0.586. The minimum absolute atomic E-state index is 0.606. The lowest BCUT2D eigenvalue weighted by atomic mass is 10.0. The van der Waals surface area contributed by atoms with Gasteiger partial charge in [-0.1, -0.05) is 12.0 Å². The lowest BCUT2D eigenvalue weighted by molar-refractivity contribution is -0.312. The van der Waals surface area contributed by atoms with Crippen molar-refractivity contribution in [1.82, 2.24) is 0 Å². The van der Waals surface area contributed by atoms with Crippen molar-refractivity contribution in [2.45, 2.75) is 19.1 Å². The Morgan fingerprint density at radius 1 is 1.62 bits per heavy atom. The van der Waals surface area contributed by atoms with Gasteiger partial charge in [0.05, 0.1) is 17.9 Å². The third kappa shape index (κ3) is 3.20. The molecule has 0 aromatic rings. The van der Waals surface area contributed by atoms with E-state index in [0.717, 1.165) is 0 Å². The Balaban J connectivity index is 4.76. The van der Waals surface area contributed by atoms with Crippen molar-refractivity contribution in [1.29, 1.82) is 0 Å². The van der Waals surface area contributed by atoms with Crippen LogP contribution >= 0.6 is 0 Å². The number of carbonyl (C=O) groups is 1. The molecule has 0 radical (unpaired) electrons. The Morgan fingerprint density at radius 2 is 2.08 bits per heavy atom. The number of halogens is 3. The molecule has 0 rings (SSSR count). The molecule has 0 spiro atoms. The number of carbonyl (C=O) groups excluding carboxylic acids is 1. The highest BCUT2D eigenvalue weighted by molar-refractivity contribution is 5.71. The van der Waals surface area contributed by atoms with Gasteiger partial charge < -0.3 is 9.90 Å². The maximum Gasteiger partial charge on any atom is 0.392 e. The second-order valence-corrected chi connectivity index (χ2v) is 2.30. The van der Waals surface area contributed by atoms with E-state index < -0.39 is 24.1 Å². The Kier molecular flexibility index (Phi) is 3.55. The Hall–Kier alpha value is -1.43. The predicted molar refractivity (Wildman–Crippen MR) is 33.2 cm³/mol. The summed E-state index contributed by atoms with van der Waals surface area (Å²) in [7, 11) is 0. The van der Waals surface area contributed by atoms with Crippen LogP contribution in [0.25, 0.3) is 10.4 Å². The molecule has 0 aromatic carbocycles. The Morgan fingerprint density at radius 3 is 2.31 bits per heavy atom. The summed E-state index contributed by atoms with van der Waals surface area (Å²) in [6.45, 7) is 0.606. The Labute approximate surface area is 70.8 Å². The van der Waals surface area contributed by atoms with Crippen LogP contribution in [0.4, 0.5) is 13.2 Å². The maximum absolute atomic E-state index is 11.9. The zero-order chi connectivity index (χ0) is 10.6. The van der Waals surface area contributed by atoms with E-state index in [1.165, 1.54) is 0 Å². The molecule has 0 aliphatic heterocycles. The second kappa shape index (κ2) is 3.99. The molecule has 2 atom stereocenters. The van der Waals surface area contributed by atoms with Gasteiger partial charge in [0.15, 0.2) is 0 Å².